The lowest BCUT2D eigenvalue weighted by molar-refractivity contribution is -0.117. The number of amides is 2. The average molecular weight is 329 g/mol. The lowest BCUT2D eigenvalue weighted by Gasteiger charge is -2.17. The Labute approximate surface area is 140 Å². The van der Waals surface area contributed by atoms with E-state index in [1.807, 2.05) is 30.7 Å². The summed E-state index contributed by atoms with van der Waals surface area (Å²) in [6.45, 7) is 2.89. The van der Waals surface area contributed by atoms with Crippen molar-refractivity contribution in [1.82, 2.24) is 9.88 Å². The SMILES string of the molecule is Cc1ccc(CNC(=O)c2cc(N3CCCC3=O)ccc2F)n1C. The van der Waals surface area contributed by atoms with Crippen LogP contribution in [0.5, 0.6) is 0 Å². The maximum atomic E-state index is 14.0. The minimum absolute atomic E-state index is 0.00671. The molecule has 3 rings (SSSR count). The van der Waals surface area contributed by atoms with E-state index in [4.69, 9.17) is 0 Å². The third-order valence-electron chi connectivity index (χ3n) is 4.49. The van der Waals surface area contributed by atoms with Crippen molar-refractivity contribution >= 4 is 17.5 Å². The maximum Gasteiger partial charge on any atom is 0.254 e. The first-order valence-electron chi connectivity index (χ1n) is 7.96. The fraction of sp³-hybridized carbons (Fsp3) is 0.333. The first-order chi connectivity index (χ1) is 11.5. The van der Waals surface area contributed by atoms with E-state index in [0.717, 1.165) is 17.8 Å². The number of carbonyl (C=O) groups is 2. The molecule has 0 saturated carbocycles. The largest absolute Gasteiger partial charge is 0.350 e. The molecule has 2 amide bonds. The van der Waals surface area contributed by atoms with Crippen molar-refractivity contribution in [2.45, 2.75) is 26.3 Å². The Bertz CT molecular complexity index is 798. The van der Waals surface area contributed by atoms with Crippen molar-refractivity contribution in [3.63, 3.8) is 0 Å². The molecular formula is C18H20FN3O2. The van der Waals surface area contributed by atoms with Gasteiger partial charge in [-0.3, -0.25) is 9.59 Å². The van der Waals surface area contributed by atoms with Crippen LogP contribution in [0.1, 0.15) is 34.6 Å². The molecule has 1 aromatic carbocycles. The van der Waals surface area contributed by atoms with Gasteiger partial charge in [-0.25, -0.2) is 4.39 Å². The van der Waals surface area contributed by atoms with E-state index in [-0.39, 0.29) is 11.5 Å². The maximum absolute atomic E-state index is 14.0. The van der Waals surface area contributed by atoms with E-state index in [0.29, 0.717) is 25.2 Å². The number of hydrogen-bond acceptors (Lipinski definition) is 2. The molecule has 0 spiro atoms. The molecule has 2 aromatic rings. The van der Waals surface area contributed by atoms with E-state index in [9.17, 15) is 14.0 Å². The summed E-state index contributed by atoms with van der Waals surface area (Å²) in [6, 6.07) is 8.11. The summed E-state index contributed by atoms with van der Waals surface area (Å²) < 4.78 is 16.0. The molecule has 126 valence electrons. The molecule has 0 aliphatic carbocycles. The summed E-state index contributed by atoms with van der Waals surface area (Å²) in [6.07, 6.45) is 1.27. The van der Waals surface area contributed by atoms with Gasteiger partial charge in [0, 0.05) is 37.1 Å². The van der Waals surface area contributed by atoms with E-state index in [1.54, 1.807) is 4.90 Å². The molecule has 1 aliphatic rings. The summed E-state index contributed by atoms with van der Waals surface area (Å²) in [7, 11) is 1.91. The molecule has 1 saturated heterocycles. The van der Waals surface area contributed by atoms with Gasteiger partial charge in [0.2, 0.25) is 5.91 Å². The number of aromatic nitrogens is 1. The molecule has 0 atom stereocenters. The van der Waals surface area contributed by atoms with E-state index in [1.165, 1.54) is 18.2 Å². The van der Waals surface area contributed by atoms with Crippen LogP contribution >= 0.6 is 0 Å². The van der Waals surface area contributed by atoms with Gasteiger partial charge in [-0.15, -0.1) is 0 Å². The lowest BCUT2D eigenvalue weighted by Crippen LogP contribution is -2.27. The quantitative estimate of drug-likeness (QED) is 0.937. The smallest absolute Gasteiger partial charge is 0.254 e. The predicted molar refractivity (Wildman–Crippen MR) is 89.3 cm³/mol. The zero-order valence-electron chi connectivity index (χ0n) is 13.8. The molecule has 0 radical (unpaired) electrons. The van der Waals surface area contributed by atoms with Crippen LogP contribution < -0.4 is 10.2 Å². The van der Waals surface area contributed by atoms with E-state index < -0.39 is 11.7 Å². The number of hydrogen-bond donors (Lipinski definition) is 1. The normalized spacial score (nSPS) is 14.3. The van der Waals surface area contributed by atoms with Crippen LogP contribution in [0.2, 0.25) is 0 Å². The number of carbonyl (C=O) groups excluding carboxylic acids is 2. The van der Waals surface area contributed by atoms with Gasteiger partial charge in [-0.05, 0) is 43.7 Å². The number of nitrogens with one attached hydrogen (secondary N) is 1. The minimum atomic E-state index is -0.592. The predicted octanol–water partition coefficient (Wildman–Crippen LogP) is 2.53. The van der Waals surface area contributed by atoms with Crippen LogP contribution in [0, 0.1) is 12.7 Å². The van der Waals surface area contributed by atoms with Crippen LogP contribution in [-0.4, -0.2) is 22.9 Å². The van der Waals surface area contributed by atoms with Gasteiger partial charge >= 0.3 is 0 Å². The van der Waals surface area contributed by atoms with Gasteiger partial charge in [0.1, 0.15) is 5.82 Å². The third-order valence-corrected chi connectivity index (χ3v) is 4.49. The van der Waals surface area contributed by atoms with Crippen molar-refractivity contribution in [3.8, 4) is 0 Å². The fourth-order valence-corrected chi connectivity index (χ4v) is 2.89. The van der Waals surface area contributed by atoms with Crippen molar-refractivity contribution < 1.29 is 14.0 Å². The van der Waals surface area contributed by atoms with Gasteiger partial charge < -0.3 is 14.8 Å². The fourth-order valence-electron chi connectivity index (χ4n) is 2.89. The highest BCUT2D eigenvalue weighted by molar-refractivity contribution is 5.99. The summed E-state index contributed by atoms with van der Waals surface area (Å²) in [5, 5.41) is 2.74. The van der Waals surface area contributed by atoms with Gasteiger partial charge in [0.15, 0.2) is 0 Å². The van der Waals surface area contributed by atoms with Gasteiger partial charge in [0.05, 0.1) is 12.1 Å². The van der Waals surface area contributed by atoms with Crippen LogP contribution in [0.15, 0.2) is 30.3 Å². The number of halogens is 1. The first kappa shape index (κ1) is 16.2. The second kappa shape index (κ2) is 6.47. The van der Waals surface area contributed by atoms with Crippen molar-refractivity contribution in [2.75, 3.05) is 11.4 Å². The molecule has 5 nitrogen and oxygen atoms in total. The van der Waals surface area contributed by atoms with Crippen molar-refractivity contribution in [3.05, 3.63) is 53.1 Å². The number of benzene rings is 1. The molecule has 1 fully saturated rings. The van der Waals surface area contributed by atoms with E-state index >= 15 is 0 Å². The zero-order valence-corrected chi connectivity index (χ0v) is 13.8. The molecule has 24 heavy (non-hydrogen) atoms. The summed E-state index contributed by atoms with van der Waals surface area (Å²) in [5.74, 6) is -1.07. The number of nitrogens with zero attached hydrogens (tertiary/aromatic N) is 2. The highest BCUT2D eigenvalue weighted by Gasteiger charge is 2.23. The Morgan fingerprint density at radius 2 is 2.08 bits per heavy atom. The Balaban J connectivity index is 1.76. The third kappa shape index (κ3) is 3.04. The van der Waals surface area contributed by atoms with Crippen molar-refractivity contribution in [2.24, 2.45) is 7.05 Å². The molecule has 1 N–H and O–H groups in total. The summed E-state index contributed by atoms with van der Waals surface area (Å²) in [4.78, 5) is 25.8. The molecule has 0 bridgehead atoms. The van der Waals surface area contributed by atoms with Crippen molar-refractivity contribution in [1.29, 1.82) is 0 Å². The lowest BCUT2D eigenvalue weighted by atomic mass is 10.1. The number of anilines is 1. The Morgan fingerprint density at radius 1 is 1.29 bits per heavy atom. The summed E-state index contributed by atoms with van der Waals surface area (Å²) in [5.41, 5.74) is 2.55. The monoisotopic (exact) mass is 329 g/mol. The van der Waals surface area contributed by atoms with Crippen LogP contribution in [0.4, 0.5) is 10.1 Å². The van der Waals surface area contributed by atoms with Crippen LogP contribution in [0.25, 0.3) is 0 Å². The highest BCUT2D eigenvalue weighted by atomic mass is 19.1. The standard InChI is InChI=1S/C18H20FN3O2/c1-12-5-6-14(21(12)2)11-20-18(24)15-10-13(7-8-16(15)19)22-9-3-4-17(22)23/h5-8,10H,3-4,9,11H2,1-2H3,(H,20,24). The highest BCUT2D eigenvalue weighted by Crippen LogP contribution is 2.24. The average Bonchev–Trinajstić information content (AvgIpc) is 3.13. The Hall–Kier alpha value is -2.63. The minimum Gasteiger partial charge on any atom is -0.350 e. The Morgan fingerprint density at radius 3 is 2.71 bits per heavy atom. The molecule has 2 heterocycles. The second-order valence-corrected chi connectivity index (χ2v) is 6.02. The number of rotatable bonds is 4. The van der Waals surface area contributed by atoms with E-state index in [2.05, 4.69) is 5.32 Å². The molecular weight excluding hydrogens is 309 g/mol. The molecule has 1 aromatic heterocycles. The van der Waals surface area contributed by atoms with Gasteiger partial charge in [0.25, 0.3) is 5.91 Å². The zero-order chi connectivity index (χ0) is 17.3. The first-order valence-corrected chi connectivity index (χ1v) is 7.96. The molecule has 6 heteroatoms. The second-order valence-electron chi connectivity index (χ2n) is 6.02. The topological polar surface area (TPSA) is 54.3 Å². The molecule has 1 aliphatic heterocycles. The van der Waals surface area contributed by atoms with Gasteiger partial charge in [-0.1, -0.05) is 0 Å². The number of aryl methyl sites for hydroxylation is 1. The Kier molecular flexibility index (Phi) is 4.38. The van der Waals surface area contributed by atoms with Gasteiger partial charge in [-0.2, -0.15) is 0 Å². The van der Waals surface area contributed by atoms with Crippen LogP contribution in [-0.2, 0) is 18.4 Å². The summed E-state index contributed by atoms with van der Waals surface area (Å²) >= 11 is 0. The molecule has 0 unspecified atom stereocenters. The van der Waals surface area contributed by atoms with Crippen LogP contribution in [0.3, 0.4) is 0 Å².